The smallest absolute Gasteiger partial charge is 0.0842 e. The molecule has 0 amide bonds. The zero-order valence-corrected chi connectivity index (χ0v) is 12.3. The molecular formula is C14H12Cl2N2S. The Morgan fingerprint density at radius 2 is 1.79 bits per heavy atom. The Labute approximate surface area is 127 Å². The van der Waals surface area contributed by atoms with Crippen LogP contribution in [0.15, 0.2) is 42.5 Å². The van der Waals surface area contributed by atoms with Crippen LogP contribution in [0.1, 0.15) is 5.56 Å². The lowest BCUT2D eigenvalue weighted by molar-refractivity contribution is 1.34. The van der Waals surface area contributed by atoms with Crippen LogP contribution < -0.4 is 11.1 Å². The molecule has 98 valence electrons. The molecule has 19 heavy (non-hydrogen) atoms. The molecule has 5 heteroatoms. The predicted molar refractivity (Wildman–Crippen MR) is 87.2 cm³/mol. The summed E-state index contributed by atoms with van der Waals surface area (Å²) in [5.74, 6) is 0. The number of hydrogen-bond acceptors (Lipinski definition) is 2. The van der Waals surface area contributed by atoms with Crippen molar-refractivity contribution in [2.45, 2.75) is 6.42 Å². The van der Waals surface area contributed by atoms with Crippen LogP contribution in [0.5, 0.6) is 0 Å². The molecule has 2 aromatic rings. The summed E-state index contributed by atoms with van der Waals surface area (Å²) in [6.07, 6.45) is 0.647. The minimum absolute atomic E-state index is 0.450. The quantitative estimate of drug-likeness (QED) is 0.645. The maximum absolute atomic E-state index is 6.09. The van der Waals surface area contributed by atoms with Gasteiger partial charge in [0.15, 0.2) is 0 Å². The summed E-state index contributed by atoms with van der Waals surface area (Å²) < 4.78 is 0. The molecule has 0 saturated carbocycles. The fraction of sp³-hybridized carbons (Fsp3) is 0.0714. The van der Waals surface area contributed by atoms with Gasteiger partial charge in [0.25, 0.3) is 0 Å². The van der Waals surface area contributed by atoms with Gasteiger partial charge in [0.05, 0.1) is 26.4 Å². The van der Waals surface area contributed by atoms with Crippen molar-refractivity contribution in [3.05, 3.63) is 58.1 Å². The fourth-order valence-corrected chi connectivity index (χ4v) is 2.29. The fourth-order valence-electron chi connectivity index (χ4n) is 1.63. The number of benzene rings is 2. The summed E-state index contributed by atoms with van der Waals surface area (Å²) >= 11 is 17.4. The molecule has 0 heterocycles. The average molecular weight is 311 g/mol. The molecule has 0 unspecified atom stereocenters. The van der Waals surface area contributed by atoms with Gasteiger partial charge in [-0.25, -0.2) is 0 Å². The first-order valence-electron chi connectivity index (χ1n) is 5.64. The minimum atomic E-state index is 0.450. The predicted octanol–water partition coefficient (Wildman–Crippen LogP) is 4.56. The number of nitrogen functional groups attached to an aromatic ring is 1. The first-order valence-corrected chi connectivity index (χ1v) is 6.81. The number of thiocarbonyl (C=S) groups is 1. The third kappa shape index (κ3) is 3.83. The second kappa shape index (κ2) is 6.24. The monoisotopic (exact) mass is 310 g/mol. The van der Waals surface area contributed by atoms with Crippen LogP contribution >= 0.6 is 35.4 Å². The zero-order chi connectivity index (χ0) is 13.8. The molecule has 0 saturated heterocycles. The van der Waals surface area contributed by atoms with E-state index in [2.05, 4.69) is 5.32 Å². The minimum Gasteiger partial charge on any atom is -0.397 e. The maximum atomic E-state index is 6.09. The highest BCUT2D eigenvalue weighted by Crippen LogP contribution is 2.30. The maximum Gasteiger partial charge on any atom is 0.0842 e. The van der Waals surface area contributed by atoms with E-state index in [4.69, 9.17) is 41.2 Å². The summed E-state index contributed by atoms with van der Waals surface area (Å²) in [6, 6.07) is 13.2. The van der Waals surface area contributed by atoms with Crippen molar-refractivity contribution < 1.29 is 0 Å². The molecule has 0 radical (unpaired) electrons. The second-order valence-electron chi connectivity index (χ2n) is 4.06. The topological polar surface area (TPSA) is 38.0 Å². The Bertz CT molecular complexity index is 600. The van der Waals surface area contributed by atoms with Crippen molar-refractivity contribution >= 4 is 51.8 Å². The van der Waals surface area contributed by atoms with Crippen molar-refractivity contribution in [3.8, 4) is 0 Å². The van der Waals surface area contributed by atoms with E-state index in [1.807, 2.05) is 30.3 Å². The molecule has 3 N–H and O–H groups in total. The molecular weight excluding hydrogens is 299 g/mol. The molecule has 0 spiro atoms. The highest BCUT2D eigenvalue weighted by atomic mass is 35.5. The van der Waals surface area contributed by atoms with E-state index in [0.717, 1.165) is 5.56 Å². The van der Waals surface area contributed by atoms with Crippen LogP contribution in [0.25, 0.3) is 0 Å². The van der Waals surface area contributed by atoms with Gasteiger partial charge in [-0.15, -0.1) is 0 Å². The molecule has 0 fully saturated rings. The third-order valence-electron chi connectivity index (χ3n) is 2.57. The largest absolute Gasteiger partial charge is 0.397 e. The summed E-state index contributed by atoms with van der Waals surface area (Å²) in [4.78, 5) is 0.675. The Morgan fingerprint density at radius 3 is 2.47 bits per heavy atom. The van der Waals surface area contributed by atoms with Crippen LogP contribution in [-0.4, -0.2) is 4.99 Å². The zero-order valence-electron chi connectivity index (χ0n) is 9.99. The Kier molecular flexibility index (Phi) is 4.64. The highest BCUT2D eigenvalue weighted by Gasteiger charge is 2.07. The molecule has 0 aliphatic carbocycles. The Morgan fingerprint density at radius 1 is 1.11 bits per heavy atom. The molecule has 2 aromatic carbocycles. The van der Waals surface area contributed by atoms with Crippen LogP contribution in [0.2, 0.25) is 10.0 Å². The molecule has 2 rings (SSSR count). The summed E-state index contributed by atoms with van der Waals surface area (Å²) in [6.45, 7) is 0. The normalized spacial score (nSPS) is 10.2. The number of hydrogen-bond donors (Lipinski definition) is 2. The van der Waals surface area contributed by atoms with E-state index in [0.29, 0.717) is 32.8 Å². The lowest BCUT2D eigenvalue weighted by atomic mass is 10.1. The Balaban J connectivity index is 2.09. The summed E-state index contributed by atoms with van der Waals surface area (Å²) in [5, 5.41) is 4.04. The Hall–Kier alpha value is -1.29. The molecule has 0 aliphatic rings. The standard InChI is InChI=1S/C14H12Cl2N2S/c15-10-8-13(11(16)7-12(10)17)18-14(19)6-9-4-2-1-3-5-9/h1-5,7-8H,6,17H2,(H,18,19). The van der Waals surface area contributed by atoms with Gasteiger partial charge in [-0.1, -0.05) is 65.8 Å². The van der Waals surface area contributed by atoms with Gasteiger partial charge in [-0.05, 0) is 17.7 Å². The lowest BCUT2D eigenvalue weighted by Crippen LogP contribution is -2.12. The van der Waals surface area contributed by atoms with Crippen molar-refractivity contribution in [3.63, 3.8) is 0 Å². The van der Waals surface area contributed by atoms with Gasteiger partial charge >= 0.3 is 0 Å². The van der Waals surface area contributed by atoms with Crippen LogP contribution in [0.3, 0.4) is 0 Å². The van der Waals surface area contributed by atoms with Gasteiger partial charge < -0.3 is 11.1 Å². The molecule has 0 atom stereocenters. The van der Waals surface area contributed by atoms with E-state index in [9.17, 15) is 0 Å². The average Bonchev–Trinajstić information content (AvgIpc) is 2.37. The molecule has 0 aromatic heterocycles. The second-order valence-corrected chi connectivity index (χ2v) is 5.37. The van der Waals surface area contributed by atoms with Crippen LogP contribution in [0.4, 0.5) is 11.4 Å². The van der Waals surface area contributed by atoms with Crippen molar-refractivity contribution in [1.29, 1.82) is 0 Å². The van der Waals surface area contributed by atoms with E-state index >= 15 is 0 Å². The number of rotatable bonds is 3. The van der Waals surface area contributed by atoms with Gasteiger partial charge in [-0.2, -0.15) is 0 Å². The third-order valence-corrected chi connectivity index (χ3v) is 3.45. The SMILES string of the molecule is Nc1cc(Cl)c(NC(=S)Cc2ccccc2)cc1Cl. The summed E-state index contributed by atoms with van der Waals surface area (Å²) in [5.41, 5.74) is 7.92. The molecule has 2 nitrogen and oxygen atoms in total. The summed E-state index contributed by atoms with van der Waals surface area (Å²) in [7, 11) is 0. The van der Waals surface area contributed by atoms with E-state index in [-0.39, 0.29) is 0 Å². The van der Waals surface area contributed by atoms with Gasteiger partial charge in [0.1, 0.15) is 0 Å². The number of halogens is 2. The van der Waals surface area contributed by atoms with E-state index in [1.165, 1.54) is 0 Å². The van der Waals surface area contributed by atoms with Crippen LogP contribution in [0, 0.1) is 0 Å². The lowest BCUT2D eigenvalue weighted by Gasteiger charge is -2.11. The van der Waals surface area contributed by atoms with Gasteiger partial charge in [0, 0.05) is 6.42 Å². The number of nitrogens with two attached hydrogens (primary N) is 1. The van der Waals surface area contributed by atoms with Crippen LogP contribution in [-0.2, 0) is 6.42 Å². The number of anilines is 2. The van der Waals surface area contributed by atoms with Crippen molar-refractivity contribution in [2.75, 3.05) is 11.1 Å². The first kappa shape index (κ1) is 14.1. The molecule has 0 aliphatic heterocycles. The van der Waals surface area contributed by atoms with Gasteiger partial charge in [0.2, 0.25) is 0 Å². The van der Waals surface area contributed by atoms with Crippen molar-refractivity contribution in [1.82, 2.24) is 0 Å². The van der Waals surface area contributed by atoms with E-state index in [1.54, 1.807) is 12.1 Å². The molecule has 0 bridgehead atoms. The van der Waals surface area contributed by atoms with Crippen molar-refractivity contribution in [2.24, 2.45) is 0 Å². The highest BCUT2D eigenvalue weighted by molar-refractivity contribution is 7.80. The number of nitrogens with one attached hydrogen (secondary N) is 1. The first-order chi connectivity index (χ1) is 9.06. The van der Waals surface area contributed by atoms with E-state index < -0.39 is 0 Å². The van der Waals surface area contributed by atoms with Gasteiger partial charge in [-0.3, -0.25) is 0 Å².